The molecule has 1 fully saturated rings. The number of rotatable bonds is 0. The maximum Gasteiger partial charge on any atom is 0.416 e. The van der Waals surface area contributed by atoms with Crippen LogP contribution in [0.2, 0.25) is 0 Å². The number of amides is 2. The summed E-state index contributed by atoms with van der Waals surface area (Å²) in [5.74, 6) is -0.146. The van der Waals surface area contributed by atoms with Gasteiger partial charge in [0, 0.05) is 12.0 Å². The van der Waals surface area contributed by atoms with Gasteiger partial charge < -0.3 is 4.74 Å². The number of hydrogen-bond acceptors (Lipinski definition) is 3. The third kappa shape index (κ3) is 1.29. The predicted molar refractivity (Wildman–Crippen MR) is 42.6 cm³/mol. The van der Waals surface area contributed by atoms with Crippen LogP contribution in [-0.4, -0.2) is 29.5 Å². The third-order valence-corrected chi connectivity index (χ3v) is 2.16. The Morgan fingerprint density at radius 2 is 2.17 bits per heavy atom. The molecule has 12 heavy (non-hydrogen) atoms. The lowest BCUT2D eigenvalue weighted by Crippen LogP contribution is -2.44. The first-order valence-corrected chi connectivity index (χ1v) is 3.90. The molecule has 1 heterocycles. The molecule has 0 N–H and O–H groups in total. The Labute approximate surface area is 71.5 Å². The van der Waals surface area contributed by atoms with Crippen LogP contribution in [0.3, 0.4) is 0 Å². The highest BCUT2D eigenvalue weighted by atomic mass is 16.5. The third-order valence-electron chi connectivity index (χ3n) is 2.16. The van der Waals surface area contributed by atoms with Crippen LogP contribution >= 0.6 is 0 Å². The van der Waals surface area contributed by atoms with Crippen molar-refractivity contribution >= 4 is 12.0 Å². The fourth-order valence-electron chi connectivity index (χ4n) is 1.41. The lowest BCUT2D eigenvalue weighted by Gasteiger charge is -2.27. The highest BCUT2D eigenvalue weighted by Gasteiger charge is 2.42. The average Bonchev–Trinajstić information content (AvgIpc) is 2.25. The smallest absolute Gasteiger partial charge is 0.416 e. The molecule has 4 nitrogen and oxygen atoms in total. The fraction of sp³-hybridized carbons (Fsp3) is 0.750. The summed E-state index contributed by atoms with van der Waals surface area (Å²) in [6, 6.07) is 0. The lowest BCUT2D eigenvalue weighted by atomic mass is 10.0. The molecule has 68 valence electrons. The van der Waals surface area contributed by atoms with Crippen molar-refractivity contribution in [1.82, 2.24) is 4.90 Å². The maximum absolute atomic E-state index is 11.2. The Hall–Kier alpha value is -1.06. The number of imide groups is 1. The van der Waals surface area contributed by atoms with Gasteiger partial charge in [0.2, 0.25) is 5.91 Å². The van der Waals surface area contributed by atoms with Crippen molar-refractivity contribution in [2.75, 3.05) is 7.11 Å². The van der Waals surface area contributed by atoms with Crippen LogP contribution in [0.4, 0.5) is 4.79 Å². The van der Waals surface area contributed by atoms with Crippen LogP contribution in [0.1, 0.15) is 26.7 Å². The van der Waals surface area contributed by atoms with E-state index in [4.69, 9.17) is 0 Å². The zero-order chi connectivity index (χ0) is 9.35. The van der Waals surface area contributed by atoms with Gasteiger partial charge in [-0.25, -0.2) is 9.69 Å². The summed E-state index contributed by atoms with van der Waals surface area (Å²) in [7, 11) is 1.28. The van der Waals surface area contributed by atoms with E-state index in [9.17, 15) is 9.59 Å². The van der Waals surface area contributed by atoms with E-state index in [1.165, 1.54) is 12.0 Å². The van der Waals surface area contributed by atoms with Gasteiger partial charge in [-0.05, 0) is 20.3 Å². The Morgan fingerprint density at radius 1 is 1.58 bits per heavy atom. The molecule has 0 unspecified atom stereocenters. The highest BCUT2D eigenvalue weighted by Crippen LogP contribution is 2.29. The molecule has 0 atom stereocenters. The normalized spacial score (nSPS) is 21.2. The number of carbonyl (C=O) groups excluding carboxylic acids is 2. The quantitative estimate of drug-likeness (QED) is 0.549. The number of ether oxygens (including phenoxy) is 1. The van der Waals surface area contributed by atoms with Crippen LogP contribution in [0.25, 0.3) is 0 Å². The molecule has 4 heteroatoms. The first-order chi connectivity index (χ1) is 5.49. The van der Waals surface area contributed by atoms with E-state index in [-0.39, 0.29) is 11.4 Å². The molecule has 0 bridgehead atoms. The van der Waals surface area contributed by atoms with Crippen molar-refractivity contribution in [2.24, 2.45) is 0 Å². The summed E-state index contributed by atoms with van der Waals surface area (Å²) in [4.78, 5) is 23.5. The minimum atomic E-state index is -0.553. The lowest BCUT2D eigenvalue weighted by molar-refractivity contribution is -0.128. The molecule has 0 aromatic rings. The van der Waals surface area contributed by atoms with Gasteiger partial charge in [-0.1, -0.05) is 0 Å². The maximum atomic E-state index is 11.2. The number of likely N-dealkylation sites (tertiary alicyclic amines) is 1. The number of nitrogens with zero attached hydrogens (tertiary/aromatic N) is 1. The first-order valence-electron chi connectivity index (χ1n) is 3.90. The SMILES string of the molecule is COC(=O)N1C(=O)CCC1(C)C. The summed E-state index contributed by atoms with van der Waals surface area (Å²) in [6.45, 7) is 3.71. The van der Waals surface area contributed by atoms with Crippen molar-refractivity contribution in [3.8, 4) is 0 Å². The van der Waals surface area contributed by atoms with E-state index in [1.54, 1.807) is 0 Å². The van der Waals surface area contributed by atoms with Gasteiger partial charge in [0.05, 0.1) is 7.11 Å². The van der Waals surface area contributed by atoms with Gasteiger partial charge >= 0.3 is 6.09 Å². The Kier molecular flexibility index (Phi) is 2.08. The van der Waals surface area contributed by atoms with E-state index in [0.717, 1.165) is 0 Å². The number of carbonyl (C=O) groups is 2. The van der Waals surface area contributed by atoms with E-state index in [0.29, 0.717) is 12.8 Å². The first kappa shape index (κ1) is 9.03. The Bertz CT molecular complexity index is 222. The van der Waals surface area contributed by atoms with Gasteiger partial charge in [-0.15, -0.1) is 0 Å². The fourth-order valence-corrected chi connectivity index (χ4v) is 1.41. The van der Waals surface area contributed by atoms with Crippen molar-refractivity contribution in [2.45, 2.75) is 32.2 Å². The molecule has 1 aliphatic rings. The molecule has 1 rings (SSSR count). The van der Waals surface area contributed by atoms with Crippen molar-refractivity contribution in [3.63, 3.8) is 0 Å². The number of hydrogen-bond donors (Lipinski definition) is 0. The Balaban J connectivity index is 2.85. The molecule has 0 aromatic heterocycles. The molecule has 0 aromatic carbocycles. The van der Waals surface area contributed by atoms with Crippen LogP contribution in [0.5, 0.6) is 0 Å². The molecule has 0 radical (unpaired) electrons. The summed E-state index contributed by atoms with van der Waals surface area (Å²) < 4.78 is 4.51. The molecular weight excluding hydrogens is 158 g/mol. The van der Waals surface area contributed by atoms with Gasteiger partial charge in [0.25, 0.3) is 0 Å². The van der Waals surface area contributed by atoms with Crippen LogP contribution < -0.4 is 0 Å². The second-order valence-electron chi connectivity index (χ2n) is 3.51. The van der Waals surface area contributed by atoms with Crippen molar-refractivity contribution in [3.05, 3.63) is 0 Å². The van der Waals surface area contributed by atoms with Gasteiger partial charge in [-0.2, -0.15) is 0 Å². The summed E-state index contributed by atoms with van der Waals surface area (Å²) in [6.07, 6.45) is 0.589. The molecule has 0 saturated carbocycles. The molecule has 1 aliphatic heterocycles. The molecule has 1 saturated heterocycles. The van der Waals surface area contributed by atoms with E-state index >= 15 is 0 Å². The van der Waals surface area contributed by atoms with Gasteiger partial charge in [-0.3, -0.25) is 4.79 Å². The Morgan fingerprint density at radius 3 is 2.50 bits per heavy atom. The largest absolute Gasteiger partial charge is 0.452 e. The van der Waals surface area contributed by atoms with Gasteiger partial charge in [0.1, 0.15) is 0 Å². The average molecular weight is 171 g/mol. The molecule has 2 amide bonds. The summed E-state index contributed by atoms with van der Waals surface area (Å²) in [5.41, 5.74) is -0.385. The standard InChI is InChI=1S/C8H13NO3/c1-8(2)5-4-6(10)9(8)7(11)12-3/h4-5H2,1-3H3. The van der Waals surface area contributed by atoms with Gasteiger partial charge in [0.15, 0.2) is 0 Å². The van der Waals surface area contributed by atoms with E-state index in [2.05, 4.69) is 4.74 Å². The van der Waals surface area contributed by atoms with Crippen molar-refractivity contribution in [1.29, 1.82) is 0 Å². The second-order valence-corrected chi connectivity index (χ2v) is 3.51. The highest BCUT2D eigenvalue weighted by molar-refractivity contribution is 5.94. The summed E-state index contributed by atoms with van der Waals surface area (Å²) in [5, 5.41) is 0. The number of methoxy groups -OCH3 is 1. The topological polar surface area (TPSA) is 46.6 Å². The minimum Gasteiger partial charge on any atom is -0.452 e. The van der Waals surface area contributed by atoms with Crippen molar-refractivity contribution < 1.29 is 14.3 Å². The van der Waals surface area contributed by atoms with Crippen LogP contribution in [0.15, 0.2) is 0 Å². The van der Waals surface area contributed by atoms with Crippen LogP contribution in [0, 0.1) is 0 Å². The zero-order valence-corrected chi connectivity index (χ0v) is 7.59. The van der Waals surface area contributed by atoms with Crippen LogP contribution in [-0.2, 0) is 9.53 Å². The zero-order valence-electron chi connectivity index (χ0n) is 7.59. The second kappa shape index (κ2) is 2.77. The van der Waals surface area contributed by atoms with E-state index < -0.39 is 6.09 Å². The monoisotopic (exact) mass is 171 g/mol. The minimum absolute atomic E-state index is 0.146. The molecular formula is C8H13NO3. The summed E-state index contributed by atoms with van der Waals surface area (Å²) >= 11 is 0. The molecule has 0 aliphatic carbocycles. The molecule has 0 spiro atoms. The van der Waals surface area contributed by atoms with E-state index in [1.807, 2.05) is 13.8 Å². The predicted octanol–water partition coefficient (Wildman–Crippen LogP) is 1.15.